The van der Waals surface area contributed by atoms with E-state index in [4.69, 9.17) is 4.74 Å². The van der Waals surface area contributed by atoms with E-state index >= 15 is 0 Å². The molecular formula is C72H137NO5. The first kappa shape index (κ1) is 76.1. The molecule has 0 saturated heterocycles. The molecule has 0 fully saturated rings. The number of hydrogen-bond donors (Lipinski definition) is 3. The minimum absolute atomic E-state index is 0.00596. The van der Waals surface area contributed by atoms with E-state index in [2.05, 4.69) is 43.5 Å². The summed E-state index contributed by atoms with van der Waals surface area (Å²) in [5, 5.41) is 23.2. The molecule has 1 amide bonds. The SMILES string of the molecule is CCCC/C=C\C/C=C\CCCCCCCC(=O)OCCCCCCCCCCCCCCCCCCCCCCCCCCCCCCCCCC(=O)NC(CO)C(O)/C=C/CCCCCCCCCCCCCCCC. The Morgan fingerprint density at radius 1 is 0.359 bits per heavy atom. The van der Waals surface area contributed by atoms with Crippen LogP contribution in [0.4, 0.5) is 0 Å². The Bertz CT molecular complexity index is 1260. The van der Waals surface area contributed by atoms with Gasteiger partial charge < -0.3 is 20.3 Å². The Morgan fingerprint density at radius 2 is 0.654 bits per heavy atom. The molecule has 0 saturated carbocycles. The van der Waals surface area contributed by atoms with Gasteiger partial charge >= 0.3 is 5.97 Å². The van der Waals surface area contributed by atoms with Crippen LogP contribution >= 0.6 is 0 Å². The number of aliphatic hydroxyl groups is 2. The lowest BCUT2D eigenvalue weighted by molar-refractivity contribution is -0.143. The Labute approximate surface area is 487 Å². The van der Waals surface area contributed by atoms with Crippen molar-refractivity contribution in [2.45, 2.75) is 398 Å². The van der Waals surface area contributed by atoms with E-state index in [0.29, 0.717) is 19.4 Å². The Morgan fingerprint density at radius 3 is 1.01 bits per heavy atom. The second-order valence-electron chi connectivity index (χ2n) is 24.2. The van der Waals surface area contributed by atoms with E-state index in [0.717, 1.165) is 51.4 Å². The summed E-state index contributed by atoms with van der Waals surface area (Å²) in [4.78, 5) is 24.5. The maximum Gasteiger partial charge on any atom is 0.305 e. The lowest BCUT2D eigenvalue weighted by Gasteiger charge is -2.20. The summed E-state index contributed by atoms with van der Waals surface area (Å²) >= 11 is 0. The van der Waals surface area contributed by atoms with Crippen LogP contribution in [0.3, 0.4) is 0 Å². The molecule has 6 nitrogen and oxygen atoms in total. The number of unbranched alkanes of at least 4 members (excludes halogenated alkanes) is 51. The number of hydrogen-bond acceptors (Lipinski definition) is 5. The van der Waals surface area contributed by atoms with Gasteiger partial charge in [0.2, 0.25) is 5.91 Å². The second-order valence-corrected chi connectivity index (χ2v) is 24.2. The molecule has 0 aromatic heterocycles. The molecule has 3 N–H and O–H groups in total. The lowest BCUT2D eigenvalue weighted by atomic mass is 10.0. The highest BCUT2D eigenvalue weighted by Crippen LogP contribution is 2.19. The minimum atomic E-state index is -0.841. The van der Waals surface area contributed by atoms with Crippen molar-refractivity contribution in [3.63, 3.8) is 0 Å². The van der Waals surface area contributed by atoms with E-state index in [-0.39, 0.29) is 18.5 Å². The van der Waals surface area contributed by atoms with Gasteiger partial charge in [0.15, 0.2) is 0 Å². The summed E-state index contributed by atoms with van der Waals surface area (Å²) in [6.45, 7) is 4.89. The van der Waals surface area contributed by atoms with Crippen LogP contribution in [0, 0.1) is 0 Å². The van der Waals surface area contributed by atoms with Crippen LogP contribution in [0.15, 0.2) is 36.5 Å². The summed E-state index contributed by atoms with van der Waals surface area (Å²) in [7, 11) is 0. The van der Waals surface area contributed by atoms with Crippen molar-refractivity contribution in [1.82, 2.24) is 5.32 Å². The van der Waals surface area contributed by atoms with Gasteiger partial charge in [-0.3, -0.25) is 9.59 Å². The molecule has 0 aromatic carbocycles. The molecule has 0 bridgehead atoms. The maximum atomic E-state index is 12.5. The quantitative estimate of drug-likeness (QED) is 0.0320. The van der Waals surface area contributed by atoms with E-state index in [1.165, 1.54) is 308 Å². The topological polar surface area (TPSA) is 95.9 Å². The van der Waals surface area contributed by atoms with Gasteiger partial charge in [-0.2, -0.15) is 0 Å². The van der Waals surface area contributed by atoms with Crippen molar-refractivity contribution in [2.24, 2.45) is 0 Å². The molecule has 0 aliphatic carbocycles. The predicted molar refractivity (Wildman–Crippen MR) is 343 cm³/mol. The molecule has 2 unspecified atom stereocenters. The minimum Gasteiger partial charge on any atom is -0.466 e. The fourth-order valence-corrected chi connectivity index (χ4v) is 11.0. The van der Waals surface area contributed by atoms with E-state index < -0.39 is 12.1 Å². The number of nitrogens with one attached hydrogen (secondary N) is 1. The largest absolute Gasteiger partial charge is 0.466 e. The van der Waals surface area contributed by atoms with Gasteiger partial charge in [0.1, 0.15) is 0 Å². The van der Waals surface area contributed by atoms with Crippen molar-refractivity contribution in [2.75, 3.05) is 13.2 Å². The van der Waals surface area contributed by atoms with Gasteiger partial charge in [-0.1, -0.05) is 352 Å². The van der Waals surface area contributed by atoms with E-state index in [1.807, 2.05) is 6.08 Å². The zero-order valence-corrected chi connectivity index (χ0v) is 52.7. The van der Waals surface area contributed by atoms with Crippen molar-refractivity contribution in [1.29, 1.82) is 0 Å². The molecular weight excluding hydrogens is 959 g/mol. The number of ether oxygens (including phenoxy) is 1. The average molecular weight is 1100 g/mol. The van der Waals surface area contributed by atoms with Crippen LogP contribution in [0.5, 0.6) is 0 Å². The zero-order valence-electron chi connectivity index (χ0n) is 52.7. The normalized spacial score (nSPS) is 12.7. The van der Waals surface area contributed by atoms with Crippen LogP contribution in [0.2, 0.25) is 0 Å². The number of aliphatic hydroxyl groups excluding tert-OH is 2. The number of carbonyl (C=O) groups is 2. The van der Waals surface area contributed by atoms with Gasteiger partial charge in [-0.15, -0.1) is 0 Å². The third-order valence-corrected chi connectivity index (χ3v) is 16.4. The third kappa shape index (κ3) is 63.3. The van der Waals surface area contributed by atoms with Crippen molar-refractivity contribution < 1.29 is 24.5 Å². The lowest BCUT2D eigenvalue weighted by Crippen LogP contribution is -2.45. The van der Waals surface area contributed by atoms with E-state index in [1.54, 1.807) is 6.08 Å². The maximum absolute atomic E-state index is 12.5. The summed E-state index contributed by atoms with van der Waals surface area (Å²) in [6.07, 6.45) is 86.6. The average Bonchev–Trinajstić information content (AvgIpc) is 3.44. The second kappa shape index (κ2) is 67.6. The van der Waals surface area contributed by atoms with Crippen LogP contribution < -0.4 is 5.32 Å². The van der Waals surface area contributed by atoms with Crippen LogP contribution in [0.25, 0.3) is 0 Å². The smallest absolute Gasteiger partial charge is 0.305 e. The molecule has 78 heavy (non-hydrogen) atoms. The van der Waals surface area contributed by atoms with Crippen molar-refractivity contribution in [3.05, 3.63) is 36.5 Å². The van der Waals surface area contributed by atoms with Gasteiger partial charge in [-0.05, 0) is 57.8 Å². The molecule has 6 heteroatoms. The summed E-state index contributed by atoms with van der Waals surface area (Å²) in [6, 6.07) is -0.625. The Balaban J connectivity index is 3.35. The summed E-state index contributed by atoms with van der Waals surface area (Å²) in [5.74, 6) is -0.0553. The molecule has 0 radical (unpaired) electrons. The zero-order chi connectivity index (χ0) is 56.4. The van der Waals surface area contributed by atoms with Gasteiger partial charge in [0.25, 0.3) is 0 Å². The molecule has 0 spiro atoms. The van der Waals surface area contributed by atoms with Crippen LogP contribution in [-0.4, -0.2) is 47.4 Å². The molecule has 460 valence electrons. The third-order valence-electron chi connectivity index (χ3n) is 16.4. The highest BCUT2D eigenvalue weighted by molar-refractivity contribution is 5.76. The Hall–Kier alpha value is -1.92. The van der Waals surface area contributed by atoms with Gasteiger partial charge in [0.05, 0.1) is 25.4 Å². The Kier molecular flexibility index (Phi) is 65.9. The number of esters is 1. The first-order valence-electron chi connectivity index (χ1n) is 35.3. The standard InChI is InChI=1S/C72H137NO5/c1-3-5-7-9-11-13-15-17-19-37-40-44-48-52-56-60-64-70(75)69(68-74)73-71(76)65-61-57-53-49-45-41-38-35-33-31-29-27-25-23-21-20-22-24-26-28-30-32-34-36-39-43-47-51-55-59-63-67-78-72(77)66-62-58-54-50-46-42-18-16-14-12-10-8-6-4-2/h10,12,16,18,60,64,69-70,74-75H,3-9,11,13-15,17,19-59,61-63,65-68H2,1-2H3,(H,73,76)/b12-10-,18-16-,64-60+. The molecule has 0 aliphatic rings. The molecule has 0 rings (SSSR count). The number of allylic oxidation sites excluding steroid dienone is 5. The van der Waals surface area contributed by atoms with Crippen molar-refractivity contribution in [3.8, 4) is 0 Å². The van der Waals surface area contributed by atoms with Gasteiger partial charge in [0, 0.05) is 12.8 Å². The number of amides is 1. The molecule has 0 aliphatic heterocycles. The molecule has 0 heterocycles. The fourth-order valence-electron chi connectivity index (χ4n) is 11.0. The highest BCUT2D eigenvalue weighted by atomic mass is 16.5. The van der Waals surface area contributed by atoms with Crippen molar-refractivity contribution >= 4 is 11.9 Å². The van der Waals surface area contributed by atoms with Gasteiger partial charge in [-0.25, -0.2) is 0 Å². The summed E-state index contributed by atoms with van der Waals surface area (Å²) < 4.78 is 5.48. The first-order chi connectivity index (χ1) is 38.5. The fraction of sp³-hybridized carbons (Fsp3) is 0.889. The predicted octanol–water partition coefficient (Wildman–Crippen LogP) is 22.7. The number of rotatable bonds is 66. The molecule has 2 atom stereocenters. The van der Waals surface area contributed by atoms with E-state index in [9.17, 15) is 19.8 Å². The van der Waals surface area contributed by atoms with Crippen LogP contribution in [-0.2, 0) is 14.3 Å². The highest BCUT2D eigenvalue weighted by Gasteiger charge is 2.18. The summed E-state index contributed by atoms with van der Waals surface area (Å²) in [5.41, 5.74) is 0. The molecule has 0 aromatic rings. The monoisotopic (exact) mass is 1100 g/mol. The van der Waals surface area contributed by atoms with Crippen LogP contribution in [0.1, 0.15) is 386 Å². The first-order valence-corrected chi connectivity index (χ1v) is 35.3. The number of carbonyl (C=O) groups excluding carboxylic acids is 2.